The van der Waals surface area contributed by atoms with E-state index in [0.29, 0.717) is 0 Å². The minimum absolute atomic E-state index is 0. The number of aliphatic hydroxyl groups is 1. The van der Waals surface area contributed by atoms with Crippen molar-refractivity contribution in [2.24, 2.45) is 11.5 Å². The van der Waals surface area contributed by atoms with Gasteiger partial charge in [-0.3, -0.25) is 4.79 Å². The molecule has 80 valence electrons. The Labute approximate surface area is 80.7 Å². The van der Waals surface area contributed by atoms with Crippen LogP contribution in [-0.2, 0) is 4.79 Å². The van der Waals surface area contributed by atoms with Gasteiger partial charge in [0.25, 0.3) is 5.92 Å². The Morgan fingerprint density at radius 1 is 1.62 bits per heavy atom. The number of primary amides is 1. The molecule has 0 rings (SSSR count). The third-order valence-electron chi connectivity index (χ3n) is 1.59. The van der Waals surface area contributed by atoms with Gasteiger partial charge in [0.1, 0.15) is 6.04 Å². The third-order valence-corrected chi connectivity index (χ3v) is 1.59. The summed E-state index contributed by atoms with van der Waals surface area (Å²) in [7, 11) is 0. The van der Waals surface area contributed by atoms with Crippen LogP contribution in [-0.4, -0.2) is 29.1 Å². The highest BCUT2D eigenvalue weighted by molar-refractivity contribution is 5.85. The van der Waals surface area contributed by atoms with Crippen molar-refractivity contribution in [3.8, 4) is 0 Å². The van der Waals surface area contributed by atoms with E-state index in [1.165, 1.54) is 6.92 Å². The van der Waals surface area contributed by atoms with Gasteiger partial charge in [0.15, 0.2) is 6.10 Å². The first-order valence-electron chi connectivity index (χ1n) is 3.43. The maximum Gasteiger partial charge on any atom is 0.265 e. The highest BCUT2D eigenvalue weighted by Crippen LogP contribution is 2.22. The lowest BCUT2D eigenvalue weighted by Gasteiger charge is -2.24. The number of carbonyl (C=O) groups excluding carboxylic acids is 1. The monoisotopic (exact) mass is 218 g/mol. The Morgan fingerprint density at radius 3 is 2.23 bits per heavy atom. The van der Waals surface area contributed by atoms with E-state index in [-0.39, 0.29) is 12.4 Å². The van der Waals surface area contributed by atoms with Crippen LogP contribution in [0, 0.1) is 0 Å². The summed E-state index contributed by atoms with van der Waals surface area (Å²) in [6.45, 7) is 1.20. The van der Waals surface area contributed by atoms with Gasteiger partial charge in [0.05, 0.1) is 0 Å². The van der Waals surface area contributed by atoms with E-state index in [0.717, 1.165) is 0 Å². The largest absolute Gasteiger partial charge is 0.381 e. The van der Waals surface area contributed by atoms with Crippen LogP contribution in [0.15, 0.2) is 0 Å². The number of aliphatic hydroxyl groups excluding tert-OH is 1. The second-order valence-corrected chi connectivity index (χ2v) is 2.49. The van der Waals surface area contributed by atoms with Crippen molar-refractivity contribution in [2.75, 3.05) is 0 Å². The van der Waals surface area contributed by atoms with Crippen molar-refractivity contribution in [1.29, 1.82) is 0 Å². The van der Waals surface area contributed by atoms with Crippen molar-refractivity contribution in [3.05, 3.63) is 0 Å². The molecule has 0 spiro atoms. The number of carbonyl (C=O) groups is 1. The van der Waals surface area contributed by atoms with Crippen LogP contribution in [0.2, 0.25) is 0 Å². The smallest absolute Gasteiger partial charge is 0.265 e. The van der Waals surface area contributed by atoms with Gasteiger partial charge in [-0.1, -0.05) is 6.92 Å². The lowest BCUT2D eigenvalue weighted by molar-refractivity contribution is -0.134. The van der Waals surface area contributed by atoms with Gasteiger partial charge in [0, 0.05) is 6.42 Å². The number of hydrogen-bond donors (Lipinski definition) is 3. The molecule has 5 N–H and O–H groups in total. The van der Waals surface area contributed by atoms with E-state index in [4.69, 9.17) is 10.8 Å². The molecule has 2 atom stereocenters. The summed E-state index contributed by atoms with van der Waals surface area (Å²) in [6, 6.07) is -1.93. The maximum atomic E-state index is 12.7. The zero-order valence-corrected chi connectivity index (χ0v) is 7.85. The molecule has 1 amide bonds. The second-order valence-electron chi connectivity index (χ2n) is 2.49. The van der Waals surface area contributed by atoms with E-state index in [9.17, 15) is 13.6 Å². The van der Waals surface area contributed by atoms with E-state index < -0.39 is 30.4 Å². The normalized spacial score (nSPS) is 15.8. The number of hydrogen-bond acceptors (Lipinski definition) is 3. The molecule has 0 saturated heterocycles. The third kappa shape index (κ3) is 3.84. The first-order chi connectivity index (χ1) is 5.33. The summed E-state index contributed by atoms with van der Waals surface area (Å²) in [5, 5.41) is 8.78. The van der Waals surface area contributed by atoms with Gasteiger partial charge >= 0.3 is 0 Å². The van der Waals surface area contributed by atoms with Crippen LogP contribution in [0.1, 0.15) is 13.3 Å². The molecule has 0 fully saturated rings. The molecule has 0 aliphatic carbocycles. The van der Waals surface area contributed by atoms with E-state index in [1.54, 1.807) is 0 Å². The SMILES string of the molecule is CCC(F)(F)C(N)C(O)C(N)=O.Cl. The van der Waals surface area contributed by atoms with Crippen LogP contribution in [0.25, 0.3) is 0 Å². The standard InChI is InChI=1S/C6H12F2N2O2.ClH/c1-2-6(7,8)4(9)3(11)5(10)12;/h3-4,11H,2,9H2,1H3,(H2,10,12);1H. The van der Waals surface area contributed by atoms with E-state index in [1.807, 2.05) is 0 Å². The summed E-state index contributed by atoms with van der Waals surface area (Å²) < 4.78 is 25.3. The summed E-state index contributed by atoms with van der Waals surface area (Å²) in [5.74, 6) is -4.51. The van der Waals surface area contributed by atoms with Crippen molar-refractivity contribution in [1.82, 2.24) is 0 Å². The van der Waals surface area contributed by atoms with Crippen LogP contribution >= 0.6 is 12.4 Å². The molecule has 7 heteroatoms. The first kappa shape index (κ1) is 15.0. The molecule has 0 aromatic carbocycles. The highest BCUT2D eigenvalue weighted by Gasteiger charge is 2.41. The summed E-state index contributed by atoms with van der Waals surface area (Å²) in [4.78, 5) is 10.3. The number of alkyl halides is 2. The average molecular weight is 219 g/mol. The predicted octanol–water partition coefficient (Wildman–Crippen LogP) is -0.373. The van der Waals surface area contributed by atoms with Gasteiger partial charge in [0.2, 0.25) is 5.91 Å². The van der Waals surface area contributed by atoms with Gasteiger partial charge in [-0.05, 0) is 0 Å². The Hall–Kier alpha value is -0.460. The maximum absolute atomic E-state index is 12.7. The Kier molecular flexibility index (Phi) is 6.14. The van der Waals surface area contributed by atoms with Gasteiger partial charge in [-0.2, -0.15) is 0 Å². The molecular weight excluding hydrogens is 206 g/mol. The Balaban J connectivity index is 0. The fourth-order valence-corrected chi connectivity index (χ4v) is 0.644. The van der Waals surface area contributed by atoms with Crippen molar-refractivity contribution in [2.45, 2.75) is 31.4 Å². The summed E-state index contributed by atoms with van der Waals surface area (Å²) in [6.07, 6.45) is -2.54. The fraction of sp³-hybridized carbons (Fsp3) is 0.833. The fourth-order valence-electron chi connectivity index (χ4n) is 0.644. The Morgan fingerprint density at radius 2 is 2.00 bits per heavy atom. The molecule has 0 aliphatic heterocycles. The molecule has 4 nitrogen and oxygen atoms in total. The molecule has 0 aliphatic rings. The minimum atomic E-state index is -3.27. The molecule has 0 saturated carbocycles. The molecule has 13 heavy (non-hydrogen) atoms. The van der Waals surface area contributed by atoms with Gasteiger partial charge in [-0.15, -0.1) is 12.4 Å². The first-order valence-corrected chi connectivity index (χ1v) is 3.43. The van der Waals surface area contributed by atoms with E-state index in [2.05, 4.69) is 5.73 Å². The number of nitrogens with two attached hydrogens (primary N) is 2. The molecule has 0 aromatic heterocycles. The van der Waals surface area contributed by atoms with Crippen molar-refractivity contribution >= 4 is 18.3 Å². The van der Waals surface area contributed by atoms with Crippen molar-refractivity contribution < 1.29 is 18.7 Å². The Bertz CT molecular complexity index is 180. The molecule has 0 aromatic rings. The van der Waals surface area contributed by atoms with Gasteiger partial charge < -0.3 is 16.6 Å². The predicted molar refractivity (Wildman–Crippen MR) is 45.7 cm³/mol. The quantitative estimate of drug-likeness (QED) is 0.601. The van der Waals surface area contributed by atoms with Crippen LogP contribution < -0.4 is 11.5 Å². The van der Waals surface area contributed by atoms with Crippen molar-refractivity contribution in [3.63, 3.8) is 0 Å². The highest BCUT2D eigenvalue weighted by atomic mass is 35.5. The number of halogens is 3. The molecular formula is C6H13ClF2N2O2. The summed E-state index contributed by atoms with van der Waals surface area (Å²) >= 11 is 0. The molecule has 0 heterocycles. The van der Waals surface area contributed by atoms with Gasteiger partial charge in [-0.25, -0.2) is 8.78 Å². The lowest BCUT2D eigenvalue weighted by atomic mass is 10.0. The minimum Gasteiger partial charge on any atom is -0.381 e. The number of rotatable bonds is 4. The van der Waals surface area contributed by atoms with E-state index >= 15 is 0 Å². The van der Waals surface area contributed by atoms with Crippen LogP contribution in [0.4, 0.5) is 8.78 Å². The zero-order chi connectivity index (χ0) is 9.94. The summed E-state index contributed by atoms with van der Waals surface area (Å²) in [5.41, 5.74) is 9.49. The zero-order valence-electron chi connectivity index (χ0n) is 7.04. The molecule has 0 radical (unpaired) electrons. The van der Waals surface area contributed by atoms with Crippen LogP contribution in [0.3, 0.4) is 0 Å². The number of amides is 1. The lowest BCUT2D eigenvalue weighted by Crippen LogP contribution is -2.54. The topological polar surface area (TPSA) is 89.3 Å². The van der Waals surface area contributed by atoms with Crippen LogP contribution in [0.5, 0.6) is 0 Å². The molecule has 0 bridgehead atoms. The molecule has 2 unspecified atom stereocenters. The second kappa shape index (κ2) is 5.31. The average Bonchev–Trinajstić information content (AvgIpc) is 2.01.